The predicted octanol–water partition coefficient (Wildman–Crippen LogP) is 1.87. The number of benzene rings is 1. The lowest BCUT2D eigenvalue weighted by Gasteiger charge is -2.08. The van der Waals surface area contributed by atoms with Crippen molar-refractivity contribution in [2.24, 2.45) is 0 Å². The first kappa shape index (κ1) is 12.7. The Kier molecular flexibility index (Phi) is 3.74. The molecule has 2 aromatic rings. The summed E-state index contributed by atoms with van der Waals surface area (Å²) >= 11 is 0. The van der Waals surface area contributed by atoms with Gasteiger partial charge in [-0.15, -0.1) is 0 Å². The molecule has 5 heteroatoms. The highest BCUT2D eigenvalue weighted by Gasteiger charge is 2.15. The molecule has 0 radical (unpaired) electrons. The zero-order valence-electron chi connectivity index (χ0n) is 10.00. The van der Waals surface area contributed by atoms with Crippen molar-refractivity contribution in [2.75, 3.05) is 0 Å². The van der Waals surface area contributed by atoms with E-state index < -0.39 is 10.0 Å². The van der Waals surface area contributed by atoms with Crippen LogP contribution in [0.15, 0.2) is 53.6 Å². The summed E-state index contributed by atoms with van der Waals surface area (Å²) in [5.74, 6) is 0. The van der Waals surface area contributed by atoms with Crippen molar-refractivity contribution >= 4 is 10.0 Å². The van der Waals surface area contributed by atoms with Gasteiger partial charge in [-0.25, -0.2) is 13.1 Å². The van der Waals surface area contributed by atoms with Crippen LogP contribution in [-0.2, 0) is 16.6 Å². The first-order valence-corrected chi connectivity index (χ1v) is 7.03. The van der Waals surface area contributed by atoms with E-state index in [1.54, 1.807) is 43.5 Å². The van der Waals surface area contributed by atoms with Gasteiger partial charge in [0.2, 0.25) is 10.0 Å². The molecular weight excluding hydrogens is 248 g/mol. The van der Waals surface area contributed by atoms with Crippen LogP contribution >= 0.6 is 0 Å². The molecule has 0 unspecified atom stereocenters. The second kappa shape index (κ2) is 5.29. The van der Waals surface area contributed by atoms with Crippen LogP contribution in [0.4, 0.5) is 0 Å². The summed E-state index contributed by atoms with van der Waals surface area (Å²) in [5, 5.41) is 0. The fourth-order valence-corrected chi connectivity index (χ4v) is 2.85. The lowest BCUT2D eigenvalue weighted by atomic mass is 10.2. The van der Waals surface area contributed by atoms with Gasteiger partial charge >= 0.3 is 0 Å². The van der Waals surface area contributed by atoms with Crippen LogP contribution in [-0.4, -0.2) is 13.4 Å². The van der Waals surface area contributed by atoms with Crippen molar-refractivity contribution in [3.05, 3.63) is 59.9 Å². The van der Waals surface area contributed by atoms with Gasteiger partial charge in [0.05, 0.1) is 17.1 Å². The highest BCUT2D eigenvalue weighted by Crippen LogP contribution is 2.13. The number of hydrogen-bond acceptors (Lipinski definition) is 3. The van der Waals surface area contributed by atoms with E-state index in [4.69, 9.17) is 0 Å². The van der Waals surface area contributed by atoms with Crippen LogP contribution in [0.1, 0.15) is 11.3 Å². The molecule has 0 amide bonds. The minimum Gasteiger partial charge on any atom is -0.260 e. The van der Waals surface area contributed by atoms with Gasteiger partial charge in [0.15, 0.2) is 0 Å². The highest BCUT2D eigenvalue weighted by atomic mass is 32.2. The summed E-state index contributed by atoms with van der Waals surface area (Å²) in [4.78, 5) is 4.38. The fourth-order valence-electron chi connectivity index (χ4n) is 1.61. The van der Waals surface area contributed by atoms with Crippen molar-refractivity contribution in [1.29, 1.82) is 0 Å². The SMILES string of the molecule is Cc1ccccc1S(=O)(=O)NCc1ccccn1. The van der Waals surface area contributed by atoms with Crippen molar-refractivity contribution < 1.29 is 8.42 Å². The van der Waals surface area contributed by atoms with Crippen LogP contribution in [0.3, 0.4) is 0 Å². The quantitative estimate of drug-likeness (QED) is 0.915. The van der Waals surface area contributed by atoms with Gasteiger partial charge in [-0.2, -0.15) is 0 Å². The molecule has 0 aliphatic carbocycles. The van der Waals surface area contributed by atoms with E-state index in [-0.39, 0.29) is 6.54 Å². The van der Waals surface area contributed by atoms with Crippen LogP contribution in [0.5, 0.6) is 0 Å². The number of hydrogen-bond donors (Lipinski definition) is 1. The Morgan fingerprint density at radius 1 is 1.11 bits per heavy atom. The molecule has 18 heavy (non-hydrogen) atoms. The summed E-state index contributed by atoms with van der Waals surface area (Å²) in [6.07, 6.45) is 1.64. The Balaban J connectivity index is 2.16. The number of nitrogens with one attached hydrogen (secondary N) is 1. The minimum atomic E-state index is -3.48. The number of aromatic nitrogens is 1. The maximum absolute atomic E-state index is 12.1. The van der Waals surface area contributed by atoms with Crippen LogP contribution < -0.4 is 4.72 Å². The predicted molar refractivity (Wildman–Crippen MR) is 69.4 cm³/mol. The fraction of sp³-hybridized carbons (Fsp3) is 0.154. The molecular formula is C13H14N2O2S. The first-order chi connectivity index (χ1) is 8.59. The first-order valence-electron chi connectivity index (χ1n) is 5.55. The summed E-state index contributed by atoms with van der Waals surface area (Å²) in [6, 6.07) is 12.3. The van der Waals surface area contributed by atoms with E-state index in [1.807, 2.05) is 12.1 Å². The zero-order valence-corrected chi connectivity index (χ0v) is 10.8. The van der Waals surface area contributed by atoms with Gasteiger partial charge < -0.3 is 0 Å². The Hall–Kier alpha value is -1.72. The molecule has 0 aliphatic heterocycles. The number of aryl methyl sites for hydroxylation is 1. The standard InChI is InChI=1S/C13H14N2O2S/c1-11-6-2-3-8-13(11)18(16,17)15-10-12-7-4-5-9-14-12/h2-9,15H,10H2,1H3. The van der Waals surface area contributed by atoms with Crippen molar-refractivity contribution in [3.63, 3.8) is 0 Å². The second-order valence-electron chi connectivity index (χ2n) is 3.91. The Labute approximate surface area is 107 Å². The number of nitrogens with zero attached hydrogens (tertiary/aromatic N) is 1. The molecule has 1 aromatic heterocycles. The number of rotatable bonds is 4. The lowest BCUT2D eigenvalue weighted by molar-refractivity contribution is 0.580. The third-order valence-corrected chi connectivity index (χ3v) is 4.11. The molecule has 0 saturated carbocycles. The van der Waals surface area contributed by atoms with Gasteiger partial charge in [-0.05, 0) is 30.7 Å². The second-order valence-corrected chi connectivity index (χ2v) is 5.65. The van der Waals surface area contributed by atoms with Gasteiger partial charge in [0, 0.05) is 6.20 Å². The average Bonchev–Trinajstić information content (AvgIpc) is 2.38. The van der Waals surface area contributed by atoms with Gasteiger partial charge in [-0.3, -0.25) is 4.98 Å². The van der Waals surface area contributed by atoms with E-state index in [2.05, 4.69) is 9.71 Å². The van der Waals surface area contributed by atoms with E-state index in [1.165, 1.54) is 0 Å². The van der Waals surface area contributed by atoms with Gasteiger partial charge in [0.25, 0.3) is 0 Å². The molecule has 0 aliphatic rings. The Bertz CT molecular complexity index is 624. The third kappa shape index (κ3) is 2.94. The summed E-state index contributed by atoms with van der Waals surface area (Å²) in [5.41, 5.74) is 1.42. The minimum absolute atomic E-state index is 0.192. The molecule has 0 fully saturated rings. The van der Waals surface area contributed by atoms with E-state index in [0.717, 1.165) is 5.56 Å². The molecule has 0 saturated heterocycles. The molecule has 4 nitrogen and oxygen atoms in total. The third-order valence-electron chi connectivity index (χ3n) is 2.55. The largest absolute Gasteiger partial charge is 0.260 e. The van der Waals surface area contributed by atoms with Gasteiger partial charge in [-0.1, -0.05) is 24.3 Å². The summed E-state index contributed by atoms with van der Waals surface area (Å²) < 4.78 is 26.7. The molecule has 0 atom stereocenters. The van der Waals surface area contributed by atoms with E-state index in [9.17, 15) is 8.42 Å². The van der Waals surface area contributed by atoms with Crippen LogP contribution in [0.25, 0.3) is 0 Å². The number of sulfonamides is 1. The van der Waals surface area contributed by atoms with Crippen LogP contribution in [0, 0.1) is 6.92 Å². The van der Waals surface area contributed by atoms with Gasteiger partial charge in [0.1, 0.15) is 0 Å². The lowest BCUT2D eigenvalue weighted by Crippen LogP contribution is -2.24. The molecule has 94 valence electrons. The average molecular weight is 262 g/mol. The molecule has 0 spiro atoms. The summed E-state index contributed by atoms with van der Waals surface area (Å²) in [7, 11) is -3.48. The zero-order chi connectivity index (χ0) is 13.0. The topological polar surface area (TPSA) is 59.1 Å². The summed E-state index contributed by atoms with van der Waals surface area (Å²) in [6.45, 7) is 1.97. The normalized spacial score (nSPS) is 11.4. The van der Waals surface area contributed by atoms with Crippen molar-refractivity contribution in [2.45, 2.75) is 18.4 Å². The molecule has 2 rings (SSSR count). The van der Waals surface area contributed by atoms with E-state index >= 15 is 0 Å². The van der Waals surface area contributed by atoms with Crippen molar-refractivity contribution in [1.82, 2.24) is 9.71 Å². The monoisotopic (exact) mass is 262 g/mol. The van der Waals surface area contributed by atoms with Crippen LogP contribution in [0.2, 0.25) is 0 Å². The Morgan fingerprint density at radius 2 is 1.83 bits per heavy atom. The molecule has 1 aromatic carbocycles. The maximum atomic E-state index is 12.1. The highest BCUT2D eigenvalue weighted by molar-refractivity contribution is 7.89. The Morgan fingerprint density at radius 3 is 2.50 bits per heavy atom. The smallest absolute Gasteiger partial charge is 0.241 e. The maximum Gasteiger partial charge on any atom is 0.241 e. The molecule has 1 heterocycles. The van der Waals surface area contributed by atoms with Crippen molar-refractivity contribution in [3.8, 4) is 0 Å². The number of pyridine rings is 1. The van der Waals surface area contributed by atoms with E-state index in [0.29, 0.717) is 10.6 Å². The molecule has 1 N–H and O–H groups in total. The molecule has 0 bridgehead atoms.